The zero-order valence-electron chi connectivity index (χ0n) is 20.8. The van der Waals surface area contributed by atoms with E-state index in [2.05, 4.69) is 28.0 Å². The summed E-state index contributed by atoms with van der Waals surface area (Å²) in [5.74, 6) is -0.194. The Balaban J connectivity index is 1.38. The summed E-state index contributed by atoms with van der Waals surface area (Å²) in [6.45, 7) is 3.41. The molecule has 1 fully saturated rings. The maximum absolute atomic E-state index is 13.0. The van der Waals surface area contributed by atoms with Gasteiger partial charge in [-0.05, 0) is 49.0 Å². The fourth-order valence-electron chi connectivity index (χ4n) is 4.44. The molecular formula is C28H29ClN6O2. The Morgan fingerprint density at radius 3 is 2.38 bits per heavy atom. The third-order valence-corrected chi connectivity index (χ3v) is 6.86. The summed E-state index contributed by atoms with van der Waals surface area (Å²) in [6, 6.07) is 22.5. The Kier molecular flexibility index (Phi) is 7.14. The standard InChI is InChI=1S/C28H29ClN6O2/c1-33-14-16-35(17-15-33)32-28(37)34(2)22-11-9-21(10-12-22)30-26(19-6-4-3-5-7-19)25-23-13-8-20(29)18-24(23)31-27(25)36/h3-13,18,30H,14-17H2,1-2H3,(H,31,36)(H,32,37)/b26-25-. The number of fused-ring (bicyclic) bond motifs is 1. The molecule has 3 aromatic carbocycles. The van der Waals surface area contributed by atoms with Crippen LogP contribution in [0.2, 0.25) is 5.02 Å². The molecule has 2 aliphatic heterocycles. The molecule has 0 atom stereocenters. The summed E-state index contributed by atoms with van der Waals surface area (Å²) in [5.41, 5.74) is 8.11. The summed E-state index contributed by atoms with van der Waals surface area (Å²) < 4.78 is 0. The topological polar surface area (TPSA) is 80.0 Å². The first-order chi connectivity index (χ1) is 17.9. The van der Waals surface area contributed by atoms with E-state index in [4.69, 9.17) is 11.6 Å². The molecular weight excluding hydrogens is 488 g/mol. The molecule has 2 aliphatic rings. The number of carbonyl (C=O) groups excluding carboxylic acids is 2. The van der Waals surface area contributed by atoms with Gasteiger partial charge in [-0.2, -0.15) is 0 Å². The van der Waals surface area contributed by atoms with Crippen LogP contribution in [0.1, 0.15) is 11.1 Å². The molecule has 37 heavy (non-hydrogen) atoms. The van der Waals surface area contributed by atoms with E-state index < -0.39 is 0 Å². The smallest absolute Gasteiger partial charge is 0.336 e. The van der Waals surface area contributed by atoms with E-state index >= 15 is 0 Å². The lowest BCUT2D eigenvalue weighted by Crippen LogP contribution is -2.55. The van der Waals surface area contributed by atoms with E-state index in [0.29, 0.717) is 22.0 Å². The van der Waals surface area contributed by atoms with Crippen LogP contribution in [0.15, 0.2) is 72.8 Å². The molecule has 8 nitrogen and oxygen atoms in total. The molecule has 0 unspecified atom stereocenters. The van der Waals surface area contributed by atoms with Crippen LogP contribution in [0, 0.1) is 0 Å². The van der Waals surface area contributed by atoms with Gasteiger partial charge in [0, 0.05) is 55.2 Å². The number of carbonyl (C=O) groups is 2. The number of piperazine rings is 1. The number of amides is 3. The minimum absolute atomic E-state index is 0.185. The molecule has 0 aliphatic carbocycles. The number of rotatable bonds is 5. The van der Waals surface area contributed by atoms with Crippen molar-refractivity contribution in [1.82, 2.24) is 15.3 Å². The van der Waals surface area contributed by atoms with Gasteiger partial charge < -0.3 is 15.5 Å². The molecule has 0 aromatic heterocycles. The monoisotopic (exact) mass is 516 g/mol. The molecule has 0 radical (unpaired) electrons. The lowest BCUT2D eigenvalue weighted by atomic mass is 10.00. The lowest BCUT2D eigenvalue weighted by Gasteiger charge is -2.33. The molecule has 9 heteroatoms. The summed E-state index contributed by atoms with van der Waals surface area (Å²) in [7, 11) is 3.82. The number of hydrazine groups is 1. The SMILES string of the molecule is CN1CCN(NC(=O)N(C)c2ccc(N/C(=C3\C(=O)Nc4cc(Cl)ccc43)c3ccccc3)cc2)CC1. The van der Waals surface area contributed by atoms with Crippen molar-refractivity contribution in [3.05, 3.63) is 88.9 Å². The van der Waals surface area contributed by atoms with Crippen LogP contribution in [-0.4, -0.2) is 62.1 Å². The van der Waals surface area contributed by atoms with E-state index in [0.717, 1.165) is 48.7 Å². The number of benzene rings is 3. The molecule has 2 heterocycles. The Hall–Kier alpha value is -3.85. The van der Waals surface area contributed by atoms with E-state index in [-0.39, 0.29) is 11.9 Å². The minimum atomic E-state index is -0.194. The van der Waals surface area contributed by atoms with Crippen molar-refractivity contribution in [2.24, 2.45) is 0 Å². The highest BCUT2D eigenvalue weighted by Crippen LogP contribution is 2.38. The van der Waals surface area contributed by atoms with Crippen LogP contribution in [0.25, 0.3) is 11.3 Å². The van der Waals surface area contributed by atoms with Crippen molar-refractivity contribution in [2.75, 3.05) is 55.8 Å². The van der Waals surface area contributed by atoms with Crippen LogP contribution in [0.5, 0.6) is 0 Å². The number of urea groups is 1. The predicted molar refractivity (Wildman–Crippen MR) is 149 cm³/mol. The highest BCUT2D eigenvalue weighted by molar-refractivity contribution is 6.38. The first-order valence-corrected chi connectivity index (χ1v) is 12.5. The molecule has 3 amide bonds. The number of nitrogens with zero attached hydrogens (tertiary/aromatic N) is 3. The van der Waals surface area contributed by atoms with E-state index in [9.17, 15) is 9.59 Å². The molecule has 1 saturated heterocycles. The quantitative estimate of drug-likeness (QED) is 0.433. The first kappa shape index (κ1) is 24.8. The Labute approximate surface area is 221 Å². The lowest BCUT2D eigenvalue weighted by molar-refractivity contribution is -0.110. The van der Waals surface area contributed by atoms with Crippen LogP contribution >= 0.6 is 11.6 Å². The maximum Gasteiger partial charge on any atom is 0.336 e. The van der Waals surface area contributed by atoms with Crippen molar-refractivity contribution in [3.63, 3.8) is 0 Å². The van der Waals surface area contributed by atoms with Gasteiger partial charge in [-0.15, -0.1) is 0 Å². The van der Waals surface area contributed by atoms with Crippen LogP contribution in [0.3, 0.4) is 0 Å². The second-order valence-corrected chi connectivity index (χ2v) is 9.63. The first-order valence-electron chi connectivity index (χ1n) is 12.1. The van der Waals surface area contributed by atoms with Crippen molar-refractivity contribution >= 4 is 51.9 Å². The fraction of sp³-hybridized carbons (Fsp3) is 0.214. The van der Waals surface area contributed by atoms with Crippen molar-refractivity contribution in [2.45, 2.75) is 0 Å². The summed E-state index contributed by atoms with van der Waals surface area (Å²) in [4.78, 5) is 29.6. The third kappa shape index (κ3) is 5.46. The van der Waals surface area contributed by atoms with Gasteiger partial charge in [0.05, 0.1) is 17.0 Å². The zero-order chi connectivity index (χ0) is 25.9. The largest absolute Gasteiger partial charge is 0.354 e. The average Bonchev–Trinajstić information content (AvgIpc) is 3.23. The van der Waals surface area contributed by atoms with Gasteiger partial charge in [-0.3, -0.25) is 15.1 Å². The van der Waals surface area contributed by atoms with Gasteiger partial charge in [0.25, 0.3) is 5.91 Å². The molecule has 0 spiro atoms. The van der Waals surface area contributed by atoms with Crippen molar-refractivity contribution in [3.8, 4) is 0 Å². The fourth-order valence-corrected chi connectivity index (χ4v) is 4.61. The van der Waals surface area contributed by atoms with Crippen LogP contribution in [-0.2, 0) is 4.79 Å². The summed E-state index contributed by atoms with van der Waals surface area (Å²) in [5, 5.41) is 8.87. The zero-order valence-corrected chi connectivity index (χ0v) is 21.5. The second kappa shape index (κ2) is 10.6. The van der Waals surface area contributed by atoms with Gasteiger partial charge in [0.15, 0.2) is 0 Å². The van der Waals surface area contributed by atoms with Crippen molar-refractivity contribution < 1.29 is 9.59 Å². The Morgan fingerprint density at radius 2 is 1.68 bits per heavy atom. The van der Waals surface area contributed by atoms with E-state index in [1.807, 2.05) is 65.7 Å². The highest BCUT2D eigenvalue weighted by atomic mass is 35.5. The van der Waals surface area contributed by atoms with Crippen LogP contribution < -0.4 is 21.0 Å². The Morgan fingerprint density at radius 1 is 0.973 bits per heavy atom. The van der Waals surface area contributed by atoms with Gasteiger partial charge in [-0.25, -0.2) is 9.80 Å². The Bertz CT molecular complexity index is 1330. The van der Waals surface area contributed by atoms with Gasteiger partial charge in [0.1, 0.15) is 0 Å². The molecule has 0 saturated carbocycles. The molecule has 190 valence electrons. The summed E-state index contributed by atoms with van der Waals surface area (Å²) in [6.07, 6.45) is 0. The maximum atomic E-state index is 13.0. The molecule has 3 N–H and O–H groups in total. The highest BCUT2D eigenvalue weighted by Gasteiger charge is 2.28. The number of halogens is 1. The van der Waals surface area contributed by atoms with E-state index in [1.165, 1.54) is 0 Å². The molecule has 3 aromatic rings. The van der Waals surface area contributed by atoms with Gasteiger partial charge in [0.2, 0.25) is 0 Å². The number of hydrogen-bond donors (Lipinski definition) is 3. The number of hydrogen-bond acceptors (Lipinski definition) is 5. The number of likely N-dealkylation sites (N-methyl/N-ethyl adjacent to an activating group) is 1. The molecule has 0 bridgehead atoms. The number of anilines is 3. The predicted octanol–water partition coefficient (Wildman–Crippen LogP) is 4.58. The van der Waals surface area contributed by atoms with Gasteiger partial charge in [-0.1, -0.05) is 48.0 Å². The van der Waals surface area contributed by atoms with Crippen LogP contribution in [0.4, 0.5) is 21.9 Å². The summed E-state index contributed by atoms with van der Waals surface area (Å²) >= 11 is 6.15. The van der Waals surface area contributed by atoms with Crippen molar-refractivity contribution in [1.29, 1.82) is 0 Å². The van der Waals surface area contributed by atoms with E-state index in [1.54, 1.807) is 24.1 Å². The number of nitrogens with one attached hydrogen (secondary N) is 3. The minimum Gasteiger partial charge on any atom is -0.354 e. The second-order valence-electron chi connectivity index (χ2n) is 9.20. The third-order valence-electron chi connectivity index (χ3n) is 6.62. The van der Waals surface area contributed by atoms with Gasteiger partial charge >= 0.3 is 6.03 Å². The normalized spacial score (nSPS) is 17.1. The molecule has 5 rings (SSSR count). The average molecular weight is 517 g/mol.